The smallest absolute Gasteiger partial charge is 0.336 e. The van der Waals surface area contributed by atoms with Crippen LogP contribution in [0.4, 0.5) is 0 Å². The highest BCUT2D eigenvalue weighted by Gasteiger charge is 2.09. The molecule has 0 atom stereocenters. The Morgan fingerprint density at radius 3 is 2.68 bits per heavy atom. The molecule has 0 aliphatic carbocycles. The molecule has 0 saturated heterocycles. The van der Waals surface area contributed by atoms with Crippen LogP contribution in [0.1, 0.15) is 5.89 Å². The Morgan fingerprint density at radius 2 is 1.84 bits per heavy atom. The Hall–Kier alpha value is -3.12. The van der Waals surface area contributed by atoms with Gasteiger partial charge in [0.15, 0.2) is 6.61 Å². The predicted molar refractivity (Wildman–Crippen MR) is 91.6 cm³/mol. The van der Waals surface area contributed by atoms with Gasteiger partial charge in [0, 0.05) is 28.1 Å². The van der Waals surface area contributed by atoms with E-state index in [0.29, 0.717) is 28.1 Å². The zero-order valence-electron chi connectivity index (χ0n) is 12.8. The van der Waals surface area contributed by atoms with Crippen molar-refractivity contribution < 1.29 is 13.7 Å². The number of fused-ring (bicyclic) bond motifs is 1. The first kappa shape index (κ1) is 15.4. The molecule has 0 aliphatic heterocycles. The lowest BCUT2D eigenvalue weighted by Gasteiger charge is -2.03. The van der Waals surface area contributed by atoms with Crippen LogP contribution in [-0.4, -0.2) is 10.1 Å². The molecule has 4 aromatic rings. The Labute approximate surface area is 146 Å². The van der Waals surface area contributed by atoms with Crippen molar-refractivity contribution in [2.24, 2.45) is 0 Å². The second kappa shape index (κ2) is 6.41. The van der Waals surface area contributed by atoms with Crippen LogP contribution in [-0.2, 0) is 6.61 Å². The molecule has 0 radical (unpaired) electrons. The Balaban J connectivity index is 1.50. The summed E-state index contributed by atoms with van der Waals surface area (Å²) in [5.74, 6) is 1.33. The Bertz CT molecular complexity index is 1090. The van der Waals surface area contributed by atoms with Gasteiger partial charge in [-0.15, -0.1) is 0 Å². The zero-order chi connectivity index (χ0) is 17.2. The Kier molecular flexibility index (Phi) is 3.95. The molecule has 0 amide bonds. The highest BCUT2D eigenvalue weighted by molar-refractivity contribution is 6.30. The molecule has 25 heavy (non-hydrogen) atoms. The van der Waals surface area contributed by atoms with Crippen molar-refractivity contribution in [3.63, 3.8) is 0 Å². The minimum absolute atomic E-state index is 0.100. The van der Waals surface area contributed by atoms with Crippen molar-refractivity contribution in [1.82, 2.24) is 10.1 Å². The number of hydrogen-bond donors (Lipinski definition) is 0. The molecule has 0 fully saturated rings. The third-order valence-electron chi connectivity index (χ3n) is 3.53. The van der Waals surface area contributed by atoms with Crippen molar-refractivity contribution >= 4 is 22.6 Å². The minimum Gasteiger partial charge on any atom is -0.484 e. The molecule has 0 saturated carbocycles. The van der Waals surface area contributed by atoms with Crippen molar-refractivity contribution in [3.05, 3.63) is 75.9 Å². The number of benzene rings is 2. The van der Waals surface area contributed by atoms with Crippen LogP contribution in [0, 0.1) is 0 Å². The van der Waals surface area contributed by atoms with E-state index >= 15 is 0 Å². The molecule has 0 spiro atoms. The first-order chi connectivity index (χ1) is 12.2. The molecule has 2 aromatic heterocycles. The molecule has 2 aromatic carbocycles. The number of hydrogen-bond acceptors (Lipinski definition) is 6. The SMILES string of the molecule is O=c1ccc2ccc(OCc3nc(-c4ccc(Cl)cc4)no3)cc2o1. The predicted octanol–water partition coefficient (Wildman–Crippen LogP) is 4.08. The van der Waals surface area contributed by atoms with Gasteiger partial charge in [-0.05, 0) is 42.5 Å². The number of nitrogens with zero attached hydrogens (tertiary/aromatic N) is 2. The van der Waals surface area contributed by atoms with Gasteiger partial charge < -0.3 is 13.7 Å². The summed E-state index contributed by atoms with van der Waals surface area (Å²) in [6, 6.07) is 15.4. The third kappa shape index (κ3) is 3.39. The highest BCUT2D eigenvalue weighted by atomic mass is 35.5. The molecule has 7 heteroatoms. The van der Waals surface area contributed by atoms with Crippen molar-refractivity contribution in [3.8, 4) is 17.1 Å². The average molecular weight is 355 g/mol. The third-order valence-corrected chi connectivity index (χ3v) is 3.78. The molecule has 6 nitrogen and oxygen atoms in total. The standard InChI is InChI=1S/C18H11ClN2O4/c19-13-5-1-12(2-6-13)18-20-16(25-21-18)10-23-14-7-3-11-4-8-17(22)24-15(11)9-14/h1-9H,10H2. The van der Waals surface area contributed by atoms with Gasteiger partial charge in [-0.1, -0.05) is 16.8 Å². The van der Waals surface area contributed by atoms with E-state index in [9.17, 15) is 4.79 Å². The van der Waals surface area contributed by atoms with E-state index in [1.807, 2.05) is 12.1 Å². The quantitative estimate of drug-likeness (QED) is 0.514. The maximum atomic E-state index is 11.3. The fourth-order valence-electron chi connectivity index (χ4n) is 2.31. The first-order valence-electron chi connectivity index (χ1n) is 7.43. The van der Waals surface area contributed by atoms with Gasteiger partial charge in [0.1, 0.15) is 11.3 Å². The number of aromatic nitrogens is 2. The number of ether oxygens (including phenoxy) is 1. The van der Waals surface area contributed by atoms with Gasteiger partial charge in [-0.3, -0.25) is 0 Å². The van der Waals surface area contributed by atoms with Gasteiger partial charge in [0.25, 0.3) is 5.89 Å². The zero-order valence-corrected chi connectivity index (χ0v) is 13.6. The molecule has 0 N–H and O–H groups in total. The van der Waals surface area contributed by atoms with E-state index in [1.165, 1.54) is 6.07 Å². The Morgan fingerprint density at radius 1 is 1.04 bits per heavy atom. The van der Waals surface area contributed by atoms with E-state index in [0.717, 1.165) is 10.9 Å². The second-order valence-electron chi connectivity index (χ2n) is 5.26. The van der Waals surface area contributed by atoms with Gasteiger partial charge in [-0.2, -0.15) is 4.98 Å². The first-order valence-corrected chi connectivity index (χ1v) is 7.80. The van der Waals surface area contributed by atoms with Crippen LogP contribution < -0.4 is 10.4 Å². The van der Waals surface area contributed by atoms with Crippen LogP contribution in [0.2, 0.25) is 5.02 Å². The normalized spacial score (nSPS) is 10.9. The molecular weight excluding hydrogens is 344 g/mol. The van der Waals surface area contributed by atoms with Gasteiger partial charge >= 0.3 is 5.63 Å². The van der Waals surface area contributed by atoms with E-state index < -0.39 is 5.63 Å². The summed E-state index contributed by atoms with van der Waals surface area (Å²) in [5, 5.41) is 5.37. The monoisotopic (exact) mass is 354 g/mol. The second-order valence-corrected chi connectivity index (χ2v) is 5.70. The van der Waals surface area contributed by atoms with Gasteiger partial charge in [0.2, 0.25) is 5.82 Å². The fraction of sp³-hybridized carbons (Fsp3) is 0.0556. The van der Waals surface area contributed by atoms with Crippen LogP contribution in [0.5, 0.6) is 5.75 Å². The average Bonchev–Trinajstić information content (AvgIpc) is 3.09. The highest BCUT2D eigenvalue weighted by Crippen LogP contribution is 2.22. The minimum atomic E-state index is -0.408. The van der Waals surface area contributed by atoms with Crippen molar-refractivity contribution in [1.29, 1.82) is 0 Å². The summed E-state index contributed by atoms with van der Waals surface area (Å²) in [7, 11) is 0. The maximum absolute atomic E-state index is 11.3. The summed E-state index contributed by atoms with van der Waals surface area (Å²) in [6.07, 6.45) is 0. The summed E-state index contributed by atoms with van der Waals surface area (Å²) < 4.78 is 15.9. The molecule has 4 rings (SSSR count). The van der Waals surface area contributed by atoms with Crippen LogP contribution >= 0.6 is 11.6 Å². The summed E-state index contributed by atoms with van der Waals surface area (Å²) in [5.41, 5.74) is 0.846. The lowest BCUT2D eigenvalue weighted by atomic mass is 10.2. The number of rotatable bonds is 4. The maximum Gasteiger partial charge on any atom is 0.336 e. The molecule has 124 valence electrons. The molecular formula is C18H11ClN2O4. The van der Waals surface area contributed by atoms with E-state index in [4.69, 9.17) is 25.3 Å². The lowest BCUT2D eigenvalue weighted by molar-refractivity contribution is 0.243. The largest absolute Gasteiger partial charge is 0.484 e. The van der Waals surface area contributed by atoms with Gasteiger partial charge in [-0.25, -0.2) is 4.79 Å². The summed E-state index contributed by atoms with van der Waals surface area (Å²) in [6.45, 7) is 0.100. The van der Waals surface area contributed by atoms with Gasteiger partial charge in [0.05, 0.1) is 0 Å². The number of halogens is 1. The van der Waals surface area contributed by atoms with Crippen molar-refractivity contribution in [2.45, 2.75) is 6.61 Å². The van der Waals surface area contributed by atoms with Crippen molar-refractivity contribution in [2.75, 3.05) is 0 Å². The molecule has 0 unspecified atom stereocenters. The lowest BCUT2D eigenvalue weighted by Crippen LogP contribution is -1.97. The van der Waals surface area contributed by atoms with Crippen LogP contribution in [0.3, 0.4) is 0 Å². The van der Waals surface area contributed by atoms with E-state index in [-0.39, 0.29) is 6.61 Å². The molecule has 0 bridgehead atoms. The van der Waals surface area contributed by atoms with Crippen LogP contribution in [0.15, 0.2) is 68.3 Å². The van der Waals surface area contributed by atoms with Crippen LogP contribution in [0.25, 0.3) is 22.4 Å². The topological polar surface area (TPSA) is 78.4 Å². The van der Waals surface area contributed by atoms with E-state index in [2.05, 4.69) is 10.1 Å². The fourth-order valence-corrected chi connectivity index (χ4v) is 2.43. The molecule has 2 heterocycles. The van der Waals surface area contributed by atoms with E-state index in [1.54, 1.807) is 36.4 Å². The summed E-state index contributed by atoms with van der Waals surface area (Å²) >= 11 is 5.86. The summed E-state index contributed by atoms with van der Waals surface area (Å²) in [4.78, 5) is 15.6. The molecule has 0 aliphatic rings.